The molecule has 1 unspecified atom stereocenters. The third-order valence-corrected chi connectivity index (χ3v) is 3.66. The Morgan fingerprint density at radius 2 is 1.50 bits per heavy atom. The lowest BCUT2D eigenvalue weighted by atomic mass is 9.99. The molecular weight excluding hydrogens is 249 g/mol. The van der Waals surface area contributed by atoms with Crippen LogP contribution in [0.5, 0.6) is 0 Å². The molecule has 2 aromatic rings. The monoisotopic (exact) mass is 271 g/mol. The summed E-state index contributed by atoms with van der Waals surface area (Å²) in [6, 6.07) is 14.0. The molecule has 0 fully saturated rings. The van der Waals surface area contributed by atoms with Gasteiger partial charge in [-0.3, -0.25) is 0 Å². The van der Waals surface area contributed by atoms with Gasteiger partial charge in [-0.1, -0.05) is 44.2 Å². The summed E-state index contributed by atoms with van der Waals surface area (Å²) in [5.41, 5.74) is 4.02. The summed E-state index contributed by atoms with van der Waals surface area (Å²) in [6.07, 6.45) is 0. The number of halogens is 1. The maximum atomic E-state index is 13.5. The van der Waals surface area contributed by atoms with Crippen molar-refractivity contribution in [2.45, 2.75) is 39.7 Å². The second kappa shape index (κ2) is 6.08. The fraction of sp³-hybridized carbons (Fsp3) is 0.333. The molecule has 0 bridgehead atoms. The lowest BCUT2D eigenvalue weighted by Gasteiger charge is -2.17. The molecule has 2 aromatic carbocycles. The Morgan fingerprint density at radius 3 is 2.05 bits per heavy atom. The minimum Gasteiger partial charge on any atom is -0.378 e. The van der Waals surface area contributed by atoms with Gasteiger partial charge in [-0.2, -0.15) is 0 Å². The van der Waals surface area contributed by atoms with Gasteiger partial charge < -0.3 is 5.32 Å². The first-order chi connectivity index (χ1) is 9.47. The van der Waals surface area contributed by atoms with E-state index in [0.29, 0.717) is 11.5 Å². The molecule has 0 saturated carbocycles. The highest BCUT2D eigenvalue weighted by Crippen LogP contribution is 2.23. The van der Waals surface area contributed by atoms with Crippen molar-refractivity contribution in [3.05, 3.63) is 65.0 Å². The van der Waals surface area contributed by atoms with Crippen LogP contribution in [0, 0.1) is 12.7 Å². The Bertz CT molecular complexity index is 572. The normalized spacial score (nSPS) is 12.5. The predicted octanol–water partition coefficient (Wildman–Crippen LogP) is 5.43. The summed E-state index contributed by atoms with van der Waals surface area (Å²) in [5.74, 6) is 0.371. The summed E-state index contributed by atoms with van der Waals surface area (Å²) >= 11 is 0. The van der Waals surface area contributed by atoms with Crippen LogP contribution in [-0.4, -0.2) is 0 Å². The molecule has 2 heteroatoms. The zero-order valence-corrected chi connectivity index (χ0v) is 12.6. The Labute approximate surface area is 120 Å². The standard InChI is InChI=1S/C18H22FN/c1-12(2)15-6-8-16(9-7-15)14(4)20-17-10-5-13(3)18(19)11-17/h5-12,14,20H,1-4H3. The highest BCUT2D eigenvalue weighted by molar-refractivity contribution is 5.47. The number of anilines is 1. The number of nitrogens with one attached hydrogen (secondary N) is 1. The van der Waals surface area contributed by atoms with Crippen LogP contribution in [0.15, 0.2) is 42.5 Å². The number of benzene rings is 2. The molecular formula is C18H22FN. The molecule has 0 aromatic heterocycles. The average Bonchev–Trinajstić information content (AvgIpc) is 2.43. The Morgan fingerprint density at radius 1 is 0.900 bits per heavy atom. The van der Waals surface area contributed by atoms with Crippen molar-refractivity contribution < 1.29 is 4.39 Å². The molecule has 0 heterocycles. The lowest BCUT2D eigenvalue weighted by Crippen LogP contribution is -2.07. The number of aryl methyl sites for hydroxylation is 1. The van der Waals surface area contributed by atoms with Crippen LogP contribution in [0.1, 0.15) is 49.4 Å². The van der Waals surface area contributed by atoms with Crippen LogP contribution in [0.4, 0.5) is 10.1 Å². The minimum absolute atomic E-state index is 0.151. The van der Waals surface area contributed by atoms with E-state index < -0.39 is 0 Å². The minimum atomic E-state index is -0.169. The smallest absolute Gasteiger partial charge is 0.128 e. The predicted molar refractivity (Wildman–Crippen MR) is 83.7 cm³/mol. The molecule has 0 saturated heterocycles. The first kappa shape index (κ1) is 14.6. The molecule has 20 heavy (non-hydrogen) atoms. The van der Waals surface area contributed by atoms with E-state index in [2.05, 4.69) is 50.4 Å². The zero-order chi connectivity index (χ0) is 14.7. The van der Waals surface area contributed by atoms with Crippen LogP contribution in [0.25, 0.3) is 0 Å². The second-order valence-corrected chi connectivity index (χ2v) is 5.65. The maximum Gasteiger partial charge on any atom is 0.128 e. The van der Waals surface area contributed by atoms with Gasteiger partial charge in [-0.25, -0.2) is 4.39 Å². The molecule has 106 valence electrons. The summed E-state index contributed by atoms with van der Waals surface area (Å²) in [6.45, 7) is 8.23. The van der Waals surface area contributed by atoms with Crippen molar-refractivity contribution in [1.82, 2.24) is 0 Å². The van der Waals surface area contributed by atoms with Crippen LogP contribution in [-0.2, 0) is 0 Å². The van der Waals surface area contributed by atoms with Gasteiger partial charge in [-0.15, -0.1) is 0 Å². The van der Waals surface area contributed by atoms with Gasteiger partial charge in [0.2, 0.25) is 0 Å². The average molecular weight is 271 g/mol. The Kier molecular flexibility index (Phi) is 4.43. The highest BCUT2D eigenvalue weighted by Gasteiger charge is 2.07. The van der Waals surface area contributed by atoms with E-state index in [1.54, 1.807) is 19.1 Å². The van der Waals surface area contributed by atoms with Crippen molar-refractivity contribution in [3.63, 3.8) is 0 Å². The third-order valence-electron chi connectivity index (χ3n) is 3.66. The number of hydrogen-bond donors (Lipinski definition) is 1. The van der Waals surface area contributed by atoms with Gasteiger partial charge in [0.15, 0.2) is 0 Å². The van der Waals surface area contributed by atoms with Crippen molar-refractivity contribution >= 4 is 5.69 Å². The summed E-state index contributed by atoms with van der Waals surface area (Å²) in [5, 5.41) is 3.33. The quantitative estimate of drug-likeness (QED) is 0.781. The molecule has 0 aliphatic rings. The summed E-state index contributed by atoms with van der Waals surface area (Å²) in [7, 11) is 0. The van der Waals surface area contributed by atoms with E-state index in [9.17, 15) is 4.39 Å². The Hall–Kier alpha value is -1.83. The molecule has 0 aliphatic carbocycles. The maximum absolute atomic E-state index is 13.5. The van der Waals surface area contributed by atoms with Gasteiger partial charge >= 0.3 is 0 Å². The summed E-state index contributed by atoms with van der Waals surface area (Å²) in [4.78, 5) is 0. The second-order valence-electron chi connectivity index (χ2n) is 5.65. The number of hydrogen-bond acceptors (Lipinski definition) is 1. The molecule has 0 radical (unpaired) electrons. The first-order valence-electron chi connectivity index (χ1n) is 7.10. The molecule has 1 atom stereocenters. The van der Waals surface area contributed by atoms with Crippen LogP contribution < -0.4 is 5.32 Å². The van der Waals surface area contributed by atoms with E-state index in [1.165, 1.54) is 11.1 Å². The van der Waals surface area contributed by atoms with Gasteiger partial charge in [0.1, 0.15) is 5.82 Å². The van der Waals surface area contributed by atoms with E-state index in [1.807, 2.05) is 6.07 Å². The molecule has 1 nitrogen and oxygen atoms in total. The van der Waals surface area contributed by atoms with Crippen LogP contribution in [0.3, 0.4) is 0 Å². The molecule has 1 N–H and O–H groups in total. The Balaban J connectivity index is 2.10. The van der Waals surface area contributed by atoms with Crippen molar-refractivity contribution in [2.24, 2.45) is 0 Å². The summed E-state index contributed by atoms with van der Waals surface area (Å²) < 4.78 is 13.5. The van der Waals surface area contributed by atoms with E-state index in [4.69, 9.17) is 0 Å². The van der Waals surface area contributed by atoms with E-state index >= 15 is 0 Å². The number of rotatable bonds is 4. The zero-order valence-electron chi connectivity index (χ0n) is 12.6. The van der Waals surface area contributed by atoms with Crippen molar-refractivity contribution in [2.75, 3.05) is 5.32 Å². The van der Waals surface area contributed by atoms with E-state index in [-0.39, 0.29) is 11.9 Å². The van der Waals surface area contributed by atoms with Gasteiger partial charge in [0.05, 0.1) is 0 Å². The fourth-order valence-corrected chi connectivity index (χ4v) is 2.19. The van der Waals surface area contributed by atoms with Crippen molar-refractivity contribution in [3.8, 4) is 0 Å². The molecule has 0 spiro atoms. The topological polar surface area (TPSA) is 12.0 Å². The highest BCUT2D eigenvalue weighted by atomic mass is 19.1. The van der Waals surface area contributed by atoms with Crippen LogP contribution in [0.2, 0.25) is 0 Å². The van der Waals surface area contributed by atoms with Crippen LogP contribution >= 0.6 is 0 Å². The van der Waals surface area contributed by atoms with E-state index in [0.717, 1.165) is 5.69 Å². The van der Waals surface area contributed by atoms with Gasteiger partial charge in [-0.05, 0) is 48.6 Å². The van der Waals surface area contributed by atoms with Crippen molar-refractivity contribution in [1.29, 1.82) is 0 Å². The van der Waals surface area contributed by atoms with Gasteiger partial charge in [0, 0.05) is 11.7 Å². The fourth-order valence-electron chi connectivity index (χ4n) is 2.19. The molecule has 2 rings (SSSR count). The third kappa shape index (κ3) is 3.38. The molecule has 0 amide bonds. The van der Waals surface area contributed by atoms with Gasteiger partial charge in [0.25, 0.3) is 0 Å². The largest absolute Gasteiger partial charge is 0.378 e. The SMILES string of the molecule is Cc1ccc(NC(C)c2ccc(C(C)C)cc2)cc1F. The molecule has 0 aliphatic heterocycles. The first-order valence-corrected chi connectivity index (χ1v) is 7.10. The lowest BCUT2D eigenvalue weighted by molar-refractivity contribution is 0.618.